The third-order valence-electron chi connectivity index (χ3n) is 3.30. The third-order valence-corrected chi connectivity index (χ3v) is 3.30. The molecule has 1 amide bonds. The number of hydrogen-bond donors (Lipinski definition) is 1. The van der Waals surface area contributed by atoms with Gasteiger partial charge in [-0.1, -0.05) is 19.3 Å². The maximum absolute atomic E-state index is 11.9. The minimum Gasteiger partial charge on any atom is -0.353 e. The Morgan fingerprint density at radius 3 is 2.88 bits per heavy atom. The lowest BCUT2D eigenvalue weighted by Gasteiger charge is -2.22. The number of carbonyl (C=O) groups excluding carboxylic acids is 1. The highest BCUT2D eigenvalue weighted by atomic mass is 16.1. The second-order valence-corrected chi connectivity index (χ2v) is 4.88. The lowest BCUT2D eigenvalue weighted by Crippen LogP contribution is -2.37. The molecule has 0 aromatic carbocycles. The zero-order valence-corrected chi connectivity index (χ0v) is 10.4. The van der Waals surface area contributed by atoms with Gasteiger partial charge >= 0.3 is 0 Å². The number of aryl methyl sites for hydroxylation is 1. The second-order valence-electron chi connectivity index (χ2n) is 4.88. The number of nitrogens with zero attached hydrogens (tertiary/aromatic N) is 1. The molecule has 1 aliphatic rings. The molecular weight excluding hydrogens is 212 g/mol. The van der Waals surface area contributed by atoms with Gasteiger partial charge in [0.15, 0.2) is 0 Å². The van der Waals surface area contributed by atoms with Crippen LogP contribution in [0.5, 0.6) is 0 Å². The summed E-state index contributed by atoms with van der Waals surface area (Å²) in [7, 11) is 0. The van der Waals surface area contributed by atoms with E-state index in [1.165, 1.54) is 19.3 Å². The van der Waals surface area contributed by atoms with E-state index in [9.17, 15) is 4.79 Å². The van der Waals surface area contributed by atoms with E-state index in [-0.39, 0.29) is 5.91 Å². The van der Waals surface area contributed by atoms with Gasteiger partial charge in [0.1, 0.15) is 0 Å². The molecule has 1 aromatic rings. The van der Waals surface area contributed by atoms with Crippen LogP contribution in [0.15, 0.2) is 18.3 Å². The Morgan fingerprint density at radius 1 is 1.41 bits per heavy atom. The van der Waals surface area contributed by atoms with Crippen LogP contribution in [0.1, 0.15) is 43.4 Å². The Hall–Kier alpha value is -1.38. The number of amides is 1. The predicted octanol–water partition coefficient (Wildman–Crippen LogP) is 2.38. The molecule has 0 unspecified atom stereocenters. The van der Waals surface area contributed by atoms with E-state index < -0.39 is 0 Å². The number of carbonyl (C=O) groups is 1. The molecule has 1 heterocycles. The van der Waals surface area contributed by atoms with E-state index in [0.29, 0.717) is 12.5 Å². The van der Waals surface area contributed by atoms with Crippen LogP contribution in [0.3, 0.4) is 0 Å². The third kappa shape index (κ3) is 3.84. The lowest BCUT2D eigenvalue weighted by molar-refractivity contribution is -0.121. The molecule has 0 aliphatic heterocycles. The standard InChI is InChI=1S/C14H20N2O/c1-11-9-12(7-8-15-11)10-14(17)16-13-5-3-2-4-6-13/h7-9,13H,2-6,10H2,1H3,(H,16,17). The van der Waals surface area contributed by atoms with Gasteiger partial charge in [0.05, 0.1) is 6.42 Å². The average molecular weight is 232 g/mol. The molecule has 0 bridgehead atoms. The van der Waals surface area contributed by atoms with Gasteiger partial charge in [-0.3, -0.25) is 9.78 Å². The summed E-state index contributed by atoms with van der Waals surface area (Å²) in [4.78, 5) is 16.0. The monoisotopic (exact) mass is 232 g/mol. The molecule has 3 nitrogen and oxygen atoms in total. The topological polar surface area (TPSA) is 42.0 Å². The van der Waals surface area contributed by atoms with Crippen molar-refractivity contribution in [3.63, 3.8) is 0 Å². The van der Waals surface area contributed by atoms with Crippen LogP contribution in [0.2, 0.25) is 0 Å². The van der Waals surface area contributed by atoms with Crippen LogP contribution < -0.4 is 5.32 Å². The Kier molecular flexibility index (Phi) is 4.13. The summed E-state index contributed by atoms with van der Waals surface area (Å²) in [5, 5.41) is 3.13. The van der Waals surface area contributed by atoms with Crippen molar-refractivity contribution in [2.75, 3.05) is 0 Å². The van der Waals surface area contributed by atoms with Gasteiger partial charge in [-0.05, 0) is 37.5 Å². The van der Waals surface area contributed by atoms with Crippen LogP contribution in [0.4, 0.5) is 0 Å². The Balaban J connectivity index is 1.84. The highest BCUT2D eigenvalue weighted by Gasteiger charge is 2.15. The van der Waals surface area contributed by atoms with Gasteiger partial charge in [0, 0.05) is 17.9 Å². The van der Waals surface area contributed by atoms with Crippen LogP contribution in [-0.4, -0.2) is 16.9 Å². The summed E-state index contributed by atoms with van der Waals surface area (Å²) in [5.41, 5.74) is 2.01. The summed E-state index contributed by atoms with van der Waals surface area (Å²) in [6, 6.07) is 4.28. The van der Waals surface area contributed by atoms with Crippen molar-refractivity contribution in [3.8, 4) is 0 Å². The highest BCUT2D eigenvalue weighted by Crippen LogP contribution is 2.17. The zero-order chi connectivity index (χ0) is 12.1. The van der Waals surface area contributed by atoms with Crippen LogP contribution in [0.25, 0.3) is 0 Å². The van der Waals surface area contributed by atoms with Crippen LogP contribution >= 0.6 is 0 Å². The lowest BCUT2D eigenvalue weighted by atomic mass is 9.95. The predicted molar refractivity (Wildman–Crippen MR) is 67.7 cm³/mol. The van der Waals surface area contributed by atoms with Crippen molar-refractivity contribution in [3.05, 3.63) is 29.6 Å². The number of nitrogens with one attached hydrogen (secondary N) is 1. The zero-order valence-electron chi connectivity index (χ0n) is 10.4. The van der Waals surface area contributed by atoms with Crippen molar-refractivity contribution in [1.82, 2.24) is 10.3 Å². The number of hydrogen-bond acceptors (Lipinski definition) is 2. The van der Waals surface area contributed by atoms with E-state index in [1.54, 1.807) is 6.20 Å². The van der Waals surface area contributed by atoms with E-state index in [4.69, 9.17) is 0 Å². The second kappa shape index (κ2) is 5.80. The fraction of sp³-hybridized carbons (Fsp3) is 0.571. The molecule has 0 radical (unpaired) electrons. The van der Waals surface area contributed by atoms with E-state index in [1.807, 2.05) is 19.1 Å². The molecule has 0 spiro atoms. The quantitative estimate of drug-likeness (QED) is 0.869. The molecule has 17 heavy (non-hydrogen) atoms. The summed E-state index contributed by atoms with van der Waals surface area (Å²) in [5.74, 6) is 0.141. The molecule has 0 atom stereocenters. The van der Waals surface area contributed by atoms with Crippen molar-refractivity contribution in [2.45, 2.75) is 51.5 Å². The van der Waals surface area contributed by atoms with Gasteiger partial charge in [-0.2, -0.15) is 0 Å². The van der Waals surface area contributed by atoms with Gasteiger partial charge in [0.2, 0.25) is 5.91 Å². The Labute approximate surface area is 103 Å². The van der Waals surface area contributed by atoms with Gasteiger partial charge in [0.25, 0.3) is 0 Å². The Morgan fingerprint density at radius 2 is 2.18 bits per heavy atom. The molecule has 1 aromatic heterocycles. The summed E-state index contributed by atoms with van der Waals surface area (Å²) < 4.78 is 0. The molecule has 1 saturated carbocycles. The molecule has 1 fully saturated rings. The average Bonchev–Trinajstić information content (AvgIpc) is 2.30. The molecule has 1 N–H and O–H groups in total. The number of aromatic nitrogens is 1. The van der Waals surface area contributed by atoms with E-state index in [0.717, 1.165) is 24.1 Å². The molecule has 92 valence electrons. The van der Waals surface area contributed by atoms with Crippen molar-refractivity contribution < 1.29 is 4.79 Å². The largest absolute Gasteiger partial charge is 0.353 e. The minimum atomic E-state index is 0.141. The first-order valence-electron chi connectivity index (χ1n) is 6.45. The minimum absolute atomic E-state index is 0.141. The normalized spacial score (nSPS) is 16.8. The van der Waals surface area contributed by atoms with Gasteiger partial charge in [-0.25, -0.2) is 0 Å². The smallest absolute Gasteiger partial charge is 0.224 e. The summed E-state index contributed by atoms with van der Waals surface area (Å²) in [6.45, 7) is 1.95. The summed E-state index contributed by atoms with van der Waals surface area (Å²) >= 11 is 0. The SMILES string of the molecule is Cc1cc(CC(=O)NC2CCCCC2)ccn1. The van der Waals surface area contributed by atoms with Crippen molar-refractivity contribution in [1.29, 1.82) is 0 Å². The molecular formula is C14H20N2O. The van der Waals surface area contributed by atoms with Crippen molar-refractivity contribution in [2.24, 2.45) is 0 Å². The highest BCUT2D eigenvalue weighted by molar-refractivity contribution is 5.78. The molecule has 0 saturated heterocycles. The first-order chi connectivity index (χ1) is 8.24. The fourth-order valence-electron chi connectivity index (χ4n) is 2.43. The number of pyridine rings is 1. The van der Waals surface area contributed by atoms with Crippen LogP contribution in [-0.2, 0) is 11.2 Å². The maximum atomic E-state index is 11.9. The molecule has 2 rings (SSSR count). The van der Waals surface area contributed by atoms with Gasteiger partial charge in [-0.15, -0.1) is 0 Å². The molecule has 1 aliphatic carbocycles. The first kappa shape index (κ1) is 12.1. The summed E-state index contributed by atoms with van der Waals surface area (Å²) in [6.07, 6.45) is 8.33. The molecule has 3 heteroatoms. The first-order valence-corrected chi connectivity index (χ1v) is 6.45. The fourth-order valence-corrected chi connectivity index (χ4v) is 2.43. The van der Waals surface area contributed by atoms with Crippen LogP contribution in [0, 0.1) is 6.92 Å². The Bertz CT molecular complexity index is 384. The van der Waals surface area contributed by atoms with E-state index >= 15 is 0 Å². The van der Waals surface area contributed by atoms with E-state index in [2.05, 4.69) is 10.3 Å². The number of rotatable bonds is 3. The van der Waals surface area contributed by atoms with Gasteiger partial charge < -0.3 is 5.32 Å². The maximum Gasteiger partial charge on any atom is 0.224 e. The van der Waals surface area contributed by atoms with Crippen molar-refractivity contribution >= 4 is 5.91 Å².